The second kappa shape index (κ2) is 8.09. The molecule has 122 valence electrons. The van der Waals surface area contributed by atoms with Crippen LogP contribution in [0.3, 0.4) is 0 Å². The normalized spacial score (nSPS) is 11.7. The third-order valence-corrected chi connectivity index (χ3v) is 3.32. The summed E-state index contributed by atoms with van der Waals surface area (Å²) < 4.78 is 1.58. The molecule has 2 aromatic rings. The van der Waals surface area contributed by atoms with Crippen molar-refractivity contribution in [2.45, 2.75) is 19.4 Å². The summed E-state index contributed by atoms with van der Waals surface area (Å²) >= 11 is 0. The summed E-state index contributed by atoms with van der Waals surface area (Å²) in [6, 6.07) is 8.41. The molecule has 0 saturated carbocycles. The maximum absolute atomic E-state index is 12.2. The van der Waals surface area contributed by atoms with E-state index in [1.807, 2.05) is 0 Å². The van der Waals surface area contributed by atoms with Crippen LogP contribution in [0, 0.1) is 0 Å². The van der Waals surface area contributed by atoms with Crippen LogP contribution in [0.4, 0.5) is 11.4 Å². The Labute approximate surface area is 135 Å². The zero-order valence-corrected chi connectivity index (χ0v) is 13.2. The van der Waals surface area contributed by atoms with E-state index in [1.165, 1.54) is 0 Å². The monoisotopic (exact) mass is 315 g/mol. The van der Waals surface area contributed by atoms with Gasteiger partial charge >= 0.3 is 0 Å². The molecule has 0 spiro atoms. The number of hydrogen-bond donors (Lipinski definition) is 3. The van der Waals surface area contributed by atoms with Crippen molar-refractivity contribution >= 4 is 23.2 Å². The molecule has 1 atom stereocenters. The van der Waals surface area contributed by atoms with E-state index in [4.69, 9.17) is 0 Å². The van der Waals surface area contributed by atoms with Crippen LogP contribution in [0.5, 0.6) is 0 Å². The van der Waals surface area contributed by atoms with Crippen LogP contribution in [0.25, 0.3) is 0 Å². The maximum atomic E-state index is 12.2. The molecule has 7 heteroatoms. The second-order valence-corrected chi connectivity index (χ2v) is 5.13. The van der Waals surface area contributed by atoms with E-state index in [1.54, 1.807) is 61.4 Å². The van der Waals surface area contributed by atoms with Crippen molar-refractivity contribution in [2.75, 3.05) is 24.2 Å². The molecule has 7 nitrogen and oxygen atoms in total. The topological polar surface area (TPSA) is 88.0 Å². The molecule has 2 rings (SSSR count). The molecule has 1 heterocycles. The van der Waals surface area contributed by atoms with Crippen molar-refractivity contribution in [3.8, 4) is 0 Å². The van der Waals surface area contributed by atoms with Gasteiger partial charge in [-0.15, -0.1) is 0 Å². The van der Waals surface area contributed by atoms with E-state index in [0.717, 1.165) is 0 Å². The van der Waals surface area contributed by atoms with E-state index < -0.39 is 6.04 Å². The van der Waals surface area contributed by atoms with Gasteiger partial charge in [0.15, 0.2) is 0 Å². The molecule has 2 amide bonds. The molecule has 23 heavy (non-hydrogen) atoms. The standard InChI is InChI=1S/C16H21N5O2/c1-12(21-10-4-8-18-21)16(23)20-14-6-3-5-13(11-14)19-15(22)7-9-17-2/h3-6,8,10-12,17H,7,9H2,1-2H3,(H,19,22)(H,20,23). The lowest BCUT2D eigenvalue weighted by Crippen LogP contribution is -2.24. The van der Waals surface area contributed by atoms with Gasteiger partial charge in [0.25, 0.3) is 0 Å². The van der Waals surface area contributed by atoms with Gasteiger partial charge < -0.3 is 16.0 Å². The van der Waals surface area contributed by atoms with Crippen molar-refractivity contribution in [2.24, 2.45) is 0 Å². The lowest BCUT2D eigenvalue weighted by molar-refractivity contribution is -0.119. The highest BCUT2D eigenvalue weighted by molar-refractivity contribution is 5.95. The maximum Gasteiger partial charge on any atom is 0.248 e. The van der Waals surface area contributed by atoms with Gasteiger partial charge in [-0.25, -0.2) is 0 Å². The Kier molecular flexibility index (Phi) is 5.87. The lowest BCUT2D eigenvalue weighted by atomic mass is 10.2. The minimum atomic E-state index is -0.418. The largest absolute Gasteiger partial charge is 0.326 e. The van der Waals surface area contributed by atoms with Gasteiger partial charge in [0.1, 0.15) is 6.04 Å². The minimum absolute atomic E-state index is 0.0762. The molecule has 1 aromatic heterocycles. The van der Waals surface area contributed by atoms with E-state index in [2.05, 4.69) is 21.0 Å². The number of nitrogens with zero attached hydrogens (tertiary/aromatic N) is 2. The number of hydrogen-bond acceptors (Lipinski definition) is 4. The molecule has 0 bridgehead atoms. The number of nitrogens with one attached hydrogen (secondary N) is 3. The summed E-state index contributed by atoms with van der Waals surface area (Å²) in [5, 5.41) is 12.6. The van der Waals surface area contributed by atoms with Crippen molar-refractivity contribution in [3.05, 3.63) is 42.7 Å². The van der Waals surface area contributed by atoms with Gasteiger partial charge in [0.2, 0.25) is 11.8 Å². The Hall–Kier alpha value is -2.67. The van der Waals surface area contributed by atoms with Crippen LogP contribution in [-0.2, 0) is 9.59 Å². The van der Waals surface area contributed by atoms with E-state index in [-0.39, 0.29) is 11.8 Å². The third-order valence-electron chi connectivity index (χ3n) is 3.32. The van der Waals surface area contributed by atoms with Crippen LogP contribution < -0.4 is 16.0 Å². The zero-order chi connectivity index (χ0) is 16.7. The van der Waals surface area contributed by atoms with Crippen LogP contribution in [-0.4, -0.2) is 35.2 Å². The Morgan fingerprint density at radius 1 is 1.22 bits per heavy atom. The predicted molar refractivity (Wildman–Crippen MR) is 89.2 cm³/mol. The number of aromatic nitrogens is 2. The lowest BCUT2D eigenvalue weighted by Gasteiger charge is -2.13. The van der Waals surface area contributed by atoms with Gasteiger partial charge in [-0.1, -0.05) is 6.07 Å². The minimum Gasteiger partial charge on any atom is -0.326 e. The number of benzene rings is 1. The molecular formula is C16H21N5O2. The summed E-state index contributed by atoms with van der Waals surface area (Å²) in [6.45, 7) is 2.38. The fourth-order valence-corrected chi connectivity index (χ4v) is 2.01. The Bertz CT molecular complexity index is 654. The van der Waals surface area contributed by atoms with Crippen molar-refractivity contribution < 1.29 is 9.59 Å². The van der Waals surface area contributed by atoms with E-state index in [9.17, 15) is 9.59 Å². The third kappa shape index (κ3) is 4.93. The molecule has 0 fully saturated rings. The van der Waals surface area contributed by atoms with Crippen molar-refractivity contribution in [1.82, 2.24) is 15.1 Å². The molecule has 0 aliphatic heterocycles. The summed E-state index contributed by atoms with van der Waals surface area (Å²) in [5.41, 5.74) is 1.27. The Balaban J connectivity index is 1.97. The fourth-order valence-electron chi connectivity index (χ4n) is 2.01. The first-order valence-electron chi connectivity index (χ1n) is 7.44. The van der Waals surface area contributed by atoms with Gasteiger partial charge in [0, 0.05) is 36.7 Å². The molecule has 0 aliphatic rings. The summed E-state index contributed by atoms with van der Waals surface area (Å²) in [4.78, 5) is 23.9. The molecule has 0 radical (unpaired) electrons. The van der Waals surface area contributed by atoms with Crippen LogP contribution in [0.2, 0.25) is 0 Å². The number of anilines is 2. The highest BCUT2D eigenvalue weighted by Gasteiger charge is 2.15. The Morgan fingerprint density at radius 3 is 2.61 bits per heavy atom. The SMILES string of the molecule is CNCCC(=O)Nc1cccc(NC(=O)C(C)n2cccn2)c1. The molecule has 1 unspecified atom stereocenters. The first kappa shape index (κ1) is 16.7. The fraction of sp³-hybridized carbons (Fsp3) is 0.312. The van der Waals surface area contributed by atoms with Crippen molar-refractivity contribution in [3.63, 3.8) is 0 Å². The second-order valence-electron chi connectivity index (χ2n) is 5.13. The van der Waals surface area contributed by atoms with Crippen LogP contribution in [0.15, 0.2) is 42.7 Å². The van der Waals surface area contributed by atoms with Gasteiger partial charge in [-0.05, 0) is 38.2 Å². The average Bonchev–Trinajstić information content (AvgIpc) is 3.06. The smallest absolute Gasteiger partial charge is 0.248 e. The summed E-state index contributed by atoms with van der Waals surface area (Å²) in [6.07, 6.45) is 3.76. The number of carbonyl (C=O) groups is 2. The van der Waals surface area contributed by atoms with Gasteiger partial charge in [0.05, 0.1) is 0 Å². The van der Waals surface area contributed by atoms with E-state index >= 15 is 0 Å². The summed E-state index contributed by atoms with van der Waals surface area (Å²) in [7, 11) is 1.80. The average molecular weight is 315 g/mol. The molecule has 0 aliphatic carbocycles. The van der Waals surface area contributed by atoms with Crippen molar-refractivity contribution in [1.29, 1.82) is 0 Å². The highest BCUT2D eigenvalue weighted by atomic mass is 16.2. The van der Waals surface area contributed by atoms with Crippen LogP contribution >= 0.6 is 0 Å². The number of rotatable bonds is 7. The molecule has 0 saturated heterocycles. The first-order chi connectivity index (χ1) is 11.1. The summed E-state index contributed by atoms with van der Waals surface area (Å²) in [5.74, 6) is -0.250. The first-order valence-corrected chi connectivity index (χ1v) is 7.44. The quantitative estimate of drug-likeness (QED) is 0.724. The Morgan fingerprint density at radius 2 is 1.96 bits per heavy atom. The number of amides is 2. The van der Waals surface area contributed by atoms with E-state index in [0.29, 0.717) is 24.3 Å². The van der Waals surface area contributed by atoms with Gasteiger partial charge in [-0.3, -0.25) is 14.3 Å². The predicted octanol–water partition coefficient (Wildman–Crippen LogP) is 1.63. The zero-order valence-electron chi connectivity index (χ0n) is 13.2. The highest BCUT2D eigenvalue weighted by Crippen LogP contribution is 2.17. The number of carbonyl (C=O) groups excluding carboxylic acids is 2. The molecule has 3 N–H and O–H groups in total. The van der Waals surface area contributed by atoms with Gasteiger partial charge in [-0.2, -0.15) is 5.10 Å². The molecular weight excluding hydrogens is 294 g/mol. The van der Waals surface area contributed by atoms with Crippen LogP contribution in [0.1, 0.15) is 19.4 Å². The molecule has 1 aromatic carbocycles.